The maximum Gasteiger partial charge on any atom is 0.178 e. The van der Waals surface area contributed by atoms with E-state index in [9.17, 15) is 0 Å². The van der Waals surface area contributed by atoms with Crippen LogP contribution in [0, 0.1) is 11.7 Å². The smallest absolute Gasteiger partial charge is 0.178 e. The molecule has 0 radical (unpaired) electrons. The summed E-state index contributed by atoms with van der Waals surface area (Å²) in [6.45, 7) is 2.70. The van der Waals surface area contributed by atoms with Crippen molar-refractivity contribution < 1.29 is 4.52 Å². The van der Waals surface area contributed by atoms with Gasteiger partial charge in [0.15, 0.2) is 4.77 Å². The number of hydrogen-bond acceptors (Lipinski definition) is 3. The molecule has 0 spiro atoms. The molecule has 0 atom stereocenters. The van der Waals surface area contributed by atoms with E-state index in [-0.39, 0.29) is 0 Å². The number of H-pyrrole nitrogens is 1. The lowest BCUT2D eigenvalue weighted by molar-refractivity contribution is 0.410. The van der Waals surface area contributed by atoms with E-state index in [1.54, 1.807) is 6.26 Å². The number of imidazole rings is 1. The van der Waals surface area contributed by atoms with Crippen molar-refractivity contribution in [2.24, 2.45) is 0 Å². The highest BCUT2D eigenvalue weighted by Crippen LogP contribution is 2.19. The van der Waals surface area contributed by atoms with E-state index in [4.69, 9.17) is 16.7 Å². The number of aromatic nitrogens is 3. The van der Waals surface area contributed by atoms with Gasteiger partial charge in [-0.2, -0.15) is 0 Å². The SMILES string of the molecule is Cc1cccc2[nH]c(=S)n(Cc3ccon3)c12. The summed E-state index contributed by atoms with van der Waals surface area (Å²) in [6.07, 6.45) is 1.57. The highest BCUT2D eigenvalue weighted by molar-refractivity contribution is 7.71. The van der Waals surface area contributed by atoms with Gasteiger partial charge in [-0.15, -0.1) is 0 Å². The molecule has 0 aliphatic carbocycles. The van der Waals surface area contributed by atoms with Gasteiger partial charge in [0.1, 0.15) is 12.0 Å². The Balaban J connectivity index is 2.21. The maximum atomic E-state index is 5.33. The van der Waals surface area contributed by atoms with E-state index >= 15 is 0 Å². The first-order chi connectivity index (χ1) is 8.25. The molecule has 3 aromatic rings. The third kappa shape index (κ3) is 1.68. The quantitative estimate of drug-likeness (QED) is 0.706. The molecule has 0 bridgehead atoms. The first kappa shape index (κ1) is 10.3. The molecule has 1 N–H and O–H groups in total. The number of aromatic amines is 1. The molecule has 2 aromatic heterocycles. The zero-order chi connectivity index (χ0) is 11.8. The Hall–Kier alpha value is -1.88. The van der Waals surface area contributed by atoms with Gasteiger partial charge in [-0.3, -0.25) is 0 Å². The van der Waals surface area contributed by atoms with E-state index in [1.165, 1.54) is 5.56 Å². The zero-order valence-corrected chi connectivity index (χ0v) is 10.1. The number of benzene rings is 1. The second-order valence-corrected chi connectivity index (χ2v) is 4.36. The molecule has 0 aliphatic heterocycles. The van der Waals surface area contributed by atoms with Gasteiger partial charge in [-0.25, -0.2) is 0 Å². The minimum absolute atomic E-state index is 0.625. The van der Waals surface area contributed by atoms with Crippen LogP contribution in [-0.4, -0.2) is 14.7 Å². The summed E-state index contributed by atoms with van der Waals surface area (Å²) in [6, 6.07) is 7.96. The fraction of sp³-hybridized carbons (Fsp3) is 0.167. The molecular formula is C12H11N3OS. The van der Waals surface area contributed by atoms with E-state index < -0.39 is 0 Å². The molecular weight excluding hydrogens is 234 g/mol. The number of fused-ring (bicyclic) bond motifs is 1. The van der Waals surface area contributed by atoms with Crippen LogP contribution in [0.3, 0.4) is 0 Å². The fourth-order valence-corrected chi connectivity index (χ4v) is 2.30. The van der Waals surface area contributed by atoms with Crippen molar-refractivity contribution in [1.82, 2.24) is 14.7 Å². The molecule has 0 aliphatic rings. The standard InChI is InChI=1S/C12H11N3OS/c1-8-3-2-4-10-11(8)15(12(17)13-10)7-9-5-6-16-14-9/h2-6H,7H2,1H3,(H,13,17). The lowest BCUT2D eigenvalue weighted by atomic mass is 10.2. The Morgan fingerprint density at radius 1 is 1.41 bits per heavy atom. The lowest BCUT2D eigenvalue weighted by Gasteiger charge is -2.03. The first-order valence-corrected chi connectivity index (χ1v) is 5.74. The summed E-state index contributed by atoms with van der Waals surface area (Å²) in [5.74, 6) is 0. The summed E-state index contributed by atoms with van der Waals surface area (Å²) < 4.78 is 7.58. The van der Waals surface area contributed by atoms with Crippen molar-refractivity contribution in [3.05, 3.63) is 46.6 Å². The predicted molar refractivity (Wildman–Crippen MR) is 67.5 cm³/mol. The van der Waals surface area contributed by atoms with Crippen LogP contribution < -0.4 is 0 Å². The Bertz CT molecular complexity index is 709. The Labute approximate surface area is 103 Å². The van der Waals surface area contributed by atoms with Crippen molar-refractivity contribution >= 4 is 23.3 Å². The number of hydrogen-bond donors (Lipinski definition) is 1. The summed E-state index contributed by atoms with van der Waals surface area (Å²) in [4.78, 5) is 3.20. The van der Waals surface area contributed by atoms with Crippen LogP contribution in [0.1, 0.15) is 11.3 Å². The van der Waals surface area contributed by atoms with Gasteiger partial charge in [0.05, 0.1) is 17.6 Å². The average molecular weight is 245 g/mol. The molecule has 0 saturated carbocycles. The van der Waals surface area contributed by atoms with E-state index in [0.717, 1.165) is 16.7 Å². The molecule has 0 amide bonds. The van der Waals surface area contributed by atoms with Crippen molar-refractivity contribution in [1.29, 1.82) is 0 Å². The second kappa shape index (κ2) is 3.85. The number of para-hydroxylation sites is 1. The topological polar surface area (TPSA) is 46.8 Å². The van der Waals surface area contributed by atoms with Crippen molar-refractivity contribution in [3.8, 4) is 0 Å². The fourth-order valence-electron chi connectivity index (χ4n) is 2.03. The Morgan fingerprint density at radius 2 is 2.29 bits per heavy atom. The van der Waals surface area contributed by atoms with Gasteiger partial charge in [0.2, 0.25) is 0 Å². The van der Waals surface area contributed by atoms with Gasteiger partial charge in [-0.05, 0) is 30.8 Å². The minimum Gasteiger partial charge on any atom is -0.364 e. The summed E-state index contributed by atoms with van der Waals surface area (Å²) in [5.41, 5.74) is 4.24. The molecule has 3 rings (SSSR count). The van der Waals surface area contributed by atoms with Gasteiger partial charge < -0.3 is 14.1 Å². The number of nitrogens with one attached hydrogen (secondary N) is 1. The monoisotopic (exact) mass is 245 g/mol. The molecule has 0 unspecified atom stereocenters. The Kier molecular flexibility index (Phi) is 2.33. The van der Waals surface area contributed by atoms with E-state index in [2.05, 4.69) is 23.1 Å². The third-order valence-corrected chi connectivity index (χ3v) is 3.13. The van der Waals surface area contributed by atoms with Crippen molar-refractivity contribution in [2.75, 3.05) is 0 Å². The van der Waals surface area contributed by atoms with Crippen LogP contribution in [0.4, 0.5) is 0 Å². The van der Waals surface area contributed by atoms with Crippen LogP contribution >= 0.6 is 12.2 Å². The predicted octanol–water partition coefficient (Wildman–Crippen LogP) is 3.04. The van der Waals surface area contributed by atoms with Crippen LogP contribution in [-0.2, 0) is 6.54 Å². The zero-order valence-electron chi connectivity index (χ0n) is 9.30. The molecule has 1 aromatic carbocycles. The Morgan fingerprint density at radius 3 is 3.06 bits per heavy atom. The molecule has 0 fully saturated rings. The molecule has 4 nitrogen and oxygen atoms in total. The second-order valence-electron chi connectivity index (χ2n) is 3.98. The van der Waals surface area contributed by atoms with Crippen LogP contribution in [0.15, 0.2) is 35.1 Å². The normalized spacial score (nSPS) is 11.1. The van der Waals surface area contributed by atoms with Crippen LogP contribution in [0.25, 0.3) is 11.0 Å². The van der Waals surface area contributed by atoms with Gasteiger partial charge >= 0.3 is 0 Å². The molecule has 17 heavy (non-hydrogen) atoms. The average Bonchev–Trinajstić information content (AvgIpc) is 2.89. The molecule has 2 heterocycles. The maximum absolute atomic E-state index is 5.33. The van der Waals surface area contributed by atoms with Crippen molar-refractivity contribution in [3.63, 3.8) is 0 Å². The summed E-state index contributed by atoms with van der Waals surface area (Å²) >= 11 is 5.33. The first-order valence-electron chi connectivity index (χ1n) is 5.33. The molecule has 5 heteroatoms. The largest absolute Gasteiger partial charge is 0.364 e. The number of nitrogens with zero attached hydrogens (tertiary/aromatic N) is 2. The summed E-state index contributed by atoms with van der Waals surface area (Å²) in [7, 11) is 0. The van der Waals surface area contributed by atoms with Gasteiger partial charge in [-0.1, -0.05) is 17.3 Å². The highest BCUT2D eigenvalue weighted by Gasteiger charge is 2.08. The van der Waals surface area contributed by atoms with E-state index in [0.29, 0.717) is 11.3 Å². The van der Waals surface area contributed by atoms with Crippen molar-refractivity contribution in [2.45, 2.75) is 13.5 Å². The minimum atomic E-state index is 0.625. The van der Waals surface area contributed by atoms with Gasteiger partial charge in [0.25, 0.3) is 0 Å². The molecule has 0 saturated heterocycles. The highest BCUT2D eigenvalue weighted by atomic mass is 32.1. The lowest BCUT2D eigenvalue weighted by Crippen LogP contribution is -2.00. The summed E-state index contributed by atoms with van der Waals surface area (Å²) in [5, 5.41) is 3.91. The number of aryl methyl sites for hydroxylation is 1. The number of rotatable bonds is 2. The molecule has 86 valence electrons. The van der Waals surface area contributed by atoms with Crippen LogP contribution in [0.5, 0.6) is 0 Å². The van der Waals surface area contributed by atoms with Crippen LogP contribution in [0.2, 0.25) is 0 Å². The van der Waals surface area contributed by atoms with Gasteiger partial charge in [0, 0.05) is 6.07 Å². The van der Waals surface area contributed by atoms with E-state index in [1.807, 2.05) is 22.8 Å². The third-order valence-electron chi connectivity index (χ3n) is 2.81.